The molecule has 3 heteroatoms. The second kappa shape index (κ2) is 297. The zero-order chi connectivity index (χ0) is 4.00. The standard InChI is InChI=1S/CN.Cr.O/c1-2;;/q-1;;. The average Bonchev–Trinajstić information content (AvgIpc) is 1.50. The SMILES string of the molecule is [C-]#N.[O]=[Cr]. The quantitative estimate of drug-likeness (QED) is 0.395. The average molecular weight is 94.0 g/mol. The van der Waals surface area contributed by atoms with Crippen LogP contribution in [0.2, 0.25) is 0 Å². The van der Waals surface area contributed by atoms with Crippen molar-refractivity contribution in [3.8, 4) is 0 Å². The van der Waals surface area contributed by atoms with Crippen LogP contribution in [0.5, 0.6) is 0 Å². The molecule has 0 radical (unpaired) electrons. The molecule has 0 aliphatic carbocycles. The van der Waals surface area contributed by atoms with Gasteiger partial charge in [-0.2, -0.15) is 0 Å². The van der Waals surface area contributed by atoms with Crippen LogP contribution in [-0.4, -0.2) is 0 Å². The van der Waals surface area contributed by atoms with Gasteiger partial charge >= 0.3 is 20.0 Å². The van der Waals surface area contributed by atoms with Gasteiger partial charge in [0.2, 0.25) is 0 Å². The molecule has 0 spiro atoms. The first-order chi connectivity index (χ1) is 2.00. The van der Waals surface area contributed by atoms with Crippen molar-refractivity contribution >= 4 is 0 Å². The Balaban J connectivity index is 0. The molecule has 0 aromatic heterocycles. The number of rotatable bonds is 0. The van der Waals surface area contributed by atoms with Crippen molar-refractivity contribution in [2.75, 3.05) is 0 Å². The van der Waals surface area contributed by atoms with Gasteiger partial charge in [0.25, 0.3) is 0 Å². The molecule has 0 aromatic carbocycles. The summed E-state index contributed by atoms with van der Waals surface area (Å²) >= 11 is 1.38. The molecule has 0 amide bonds. The van der Waals surface area contributed by atoms with Crippen molar-refractivity contribution in [3.05, 3.63) is 6.57 Å². The summed E-state index contributed by atoms with van der Waals surface area (Å²) in [5, 5.41) is 6.25. The number of hydrogen-bond acceptors (Lipinski definition) is 2. The fraction of sp³-hybridized carbons (Fsp3) is 0. The van der Waals surface area contributed by atoms with Gasteiger partial charge < -0.3 is 11.8 Å². The Morgan fingerprint density at radius 2 is 1.50 bits per heavy atom. The van der Waals surface area contributed by atoms with E-state index in [2.05, 4.69) is 0 Å². The van der Waals surface area contributed by atoms with Crippen LogP contribution in [0.15, 0.2) is 0 Å². The van der Waals surface area contributed by atoms with Gasteiger partial charge in [-0.3, -0.25) is 0 Å². The Morgan fingerprint density at radius 1 is 1.50 bits per heavy atom. The summed E-state index contributed by atoms with van der Waals surface area (Å²) < 4.78 is 8.12. The molecule has 0 saturated carbocycles. The summed E-state index contributed by atoms with van der Waals surface area (Å²) in [7, 11) is 0. The molecule has 4 heavy (non-hydrogen) atoms. The minimum absolute atomic E-state index is 1.38. The molecule has 0 unspecified atom stereocenters. The third-order valence-electron chi connectivity index (χ3n) is 0. The van der Waals surface area contributed by atoms with Crippen LogP contribution in [0.1, 0.15) is 0 Å². The topological polar surface area (TPSA) is 40.9 Å². The molecular formula is CCrNO-. The van der Waals surface area contributed by atoms with E-state index >= 15 is 0 Å². The number of nitrogens with zero attached hydrogens (tertiary/aromatic N) is 1. The van der Waals surface area contributed by atoms with Crippen molar-refractivity contribution in [1.82, 2.24) is 0 Å². The van der Waals surface area contributed by atoms with E-state index in [4.69, 9.17) is 15.6 Å². The predicted molar refractivity (Wildman–Crippen MR) is 5.65 cm³/mol. The summed E-state index contributed by atoms with van der Waals surface area (Å²) in [6, 6.07) is 0. The molecule has 0 aliphatic heterocycles. The molecule has 0 aromatic rings. The first kappa shape index (κ1) is 9.17. The molecule has 0 bridgehead atoms. The molecule has 2 nitrogen and oxygen atoms in total. The Labute approximate surface area is 32.7 Å². The van der Waals surface area contributed by atoms with E-state index in [1.165, 1.54) is 16.2 Å². The molecule has 0 atom stereocenters. The monoisotopic (exact) mass is 93.9 g/mol. The maximum atomic E-state index is 8.12. The molecule has 0 saturated heterocycles. The third-order valence-corrected chi connectivity index (χ3v) is 0. The van der Waals surface area contributed by atoms with Gasteiger partial charge in [0.1, 0.15) is 0 Å². The Kier molecular flexibility index (Phi) is 682. The van der Waals surface area contributed by atoms with Crippen molar-refractivity contribution in [2.45, 2.75) is 0 Å². The van der Waals surface area contributed by atoms with E-state index in [0.717, 1.165) is 0 Å². The maximum absolute atomic E-state index is 8.12. The van der Waals surface area contributed by atoms with Crippen molar-refractivity contribution in [3.63, 3.8) is 0 Å². The molecule has 0 heterocycles. The molecule has 0 rings (SSSR count). The summed E-state index contributed by atoms with van der Waals surface area (Å²) in [6.45, 7) is 4.75. The Bertz CT molecular complexity index is 19.2. The summed E-state index contributed by atoms with van der Waals surface area (Å²) in [6.07, 6.45) is 0. The molecule has 0 fully saturated rings. The summed E-state index contributed by atoms with van der Waals surface area (Å²) in [4.78, 5) is 0. The van der Waals surface area contributed by atoms with Crippen LogP contribution in [0, 0.1) is 11.8 Å². The molecule has 22 valence electrons. The van der Waals surface area contributed by atoms with Crippen molar-refractivity contribution in [2.24, 2.45) is 0 Å². The minimum atomic E-state index is 1.38. The van der Waals surface area contributed by atoms with Gasteiger partial charge in [-0.25, -0.2) is 0 Å². The van der Waals surface area contributed by atoms with Crippen LogP contribution in [0.3, 0.4) is 0 Å². The molecule has 0 N–H and O–H groups in total. The van der Waals surface area contributed by atoms with Crippen LogP contribution >= 0.6 is 0 Å². The van der Waals surface area contributed by atoms with E-state index in [1.807, 2.05) is 0 Å². The Hall–Kier alpha value is -0.178. The van der Waals surface area contributed by atoms with Crippen LogP contribution < -0.4 is 0 Å². The van der Waals surface area contributed by atoms with Crippen molar-refractivity contribution in [1.29, 1.82) is 5.26 Å². The second-order valence-electron chi connectivity index (χ2n) is 0. The van der Waals surface area contributed by atoms with Crippen LogP contribution in [0.25, 0.3) is 0 Å². The van der Waals surface area contributed by atoms with Gasteiger partial charge in [0.15, 0.2) is 0 Å². The van der Waals surface area contributed by atoms with Gasteiger partial charge in [-0.15, -0.1) is 0 Å². The van der Waals surface area contributed by atoms with Gasteiger partial charge in [-0.1, -0.05) is 0 Å². The van der Waals surface area contributed by atoms with E-state index in [0.29, 0.717) is 0 Å². The van der Waals surface area contributed by atoms with Gasteiger partial charge in [0.05, 0.1) is 0 Å². The Morgan fingerprint density at radius 3 is 1.50 bits per heavy atom. The van der Waals surface area contributed by atoms with Gasteiger partial charge in [0, 0.05) is 0 Å². The van der Waals surface area contributed by atoms with Crippen molar-refractivity contribution < 1.29 is 20.0 Å². The zero-order valence-electron chi connectivity index (χ0n) is 1.76. The first-order valence-electron chi connectivity index (χ1n) is 0.390. The van der Waals surface area contributed by atoms with Gasteiger partial charge in [-0.05, 0) is 0 Å². The zero-order valence-corrected chi connectivity index (χ0v) is 3.04. The molecular weight excluding hydrogens is 94.0 g/mol. The fourth-order valence-corrected chi connectivity index (χ4v) is 0. The fourth-order valence-electron chi connectivity index (χ4n) is 0. The molecule has 0 aliphatic rings. The predicted octanol–water partition coefficient (Wildman–Crippen LogP) is -0.0249. The van der Waals surface area contributed by atoms with Crippen LogP contribution in [-0.2, 0) is 20.0 Å². The summed E-state index contributed by atoms with van der Waals surface area (Å²) in [5.74, 6) is 0. The van der Waals surface area contributed by atoms with E-state index in [-0.39, 0.29) is 0 Å². The van der Waals surface area contributed by atoms with E-state index in [1.54, 1.807) is 0 Å². The summed E-state index contributed by atoms with van der Waals surface area (Å²) in [5.41, 5.74) is 0. The first-order valence-corrected chi connectivity index (χ1v) is 0.911. The third kappa shape index (κ3) is 39.1. The van der Waals surface area contributed by atoms with E-state index in [9.17, 15) is 0 Å². The van der Waals surface area contributed by atoms with Crippen LogP contribution in [0.4, 0.5) is 0 Å². The van der Waals surface area contributed by atoms with E-state index < -0.39 is 0 Å². The normalized spacial score (nSPS) is 1.50. The second-order valence-corrected chi connectivity index (χ2v) is 0. The number of hydrogen-bond donors (Lipinski definition) is 0.